The summed E-state index contributed by atoms with van der Waals surface area (Å²) in [6, 6.07) is 19.1. The van der Waals surface area contributed by atoms with Gasteiger partial charge in [-0.25, -0.2) is 0 Å². The van der Waals surface area contributed by atoms with Gasteiger partial charge in [0.25, 0.3) is 0 Å². The Balaban J connectivity index is 1.48. The molecule has 27 heavy (non-hydrogen) atoms. The van der Waals surface area contributed by atoms with Crippen LogP contribution in [0, 0.1) is 5.92 Å². The van der Waals surface area contributed by atoms with E-state index in [0.717, 1.165) is 24.1 Å². The van der Waals surface area contributed by atoms with Gasteiger partial charge in [0.2, 0.25) is 11.8 Å². The highest BCUT2D eigenvalue weighted by Gasteiger charge is 2.36. The van der Waals surface area contributed by atoms with Crippen LogP contribution in [0.4, 0.5) is 5.69 Å². The third-order valence-corrected chi connectivity index (χ3v) is 5.32. The van der Waals surface area contributed by atoms with Crippen LogP contribution in [-0.4, -0.2) is 47.8 Å². The van der Waals surface area contributed by atoms with Crippen molar-refractivity contribution in [3.63, 3.8) is 0 Å². The molecule has 2 aromatic carbocycles. The highest BCUT2D eigenvalue weighted by molar-refractivity contribution is 5.95. The summed E-state index contributed by atoms with van der Waals surface area (Å²) in [5.41, 5.74) is 1.78. The summed E-state index contributed by atoms with van der Waals surface area (Å²) in [5, 5.41) is 3.04. The van der Waals surface area contributed by atoms with Gasteiger partial charge in [0.15, 0.2) is 0 Å². The van der Waals surface area contributed by atoms with Crippen LogP contribution >= 0.6 is 0 Å². The number of hydrogen-bond acceptors (Lipinski definition) is 3. The van der Waals surface area contributed by atoms with Gasteiger partial charge in [-0.15, -0.1) is 0 Å². The van der Waals surface area contributed by atoms with Crippen LogP contribution < -0.4 is 5.32 Å². The van der Waals surface area contributed by atoms with Crippen LogP contribution in [0.3, 0.4) is 0 Å². The zero-order chi connectivity index (χ0) is 18.6. The first-order valence-electron chi connectivity index (χ1n) is 9.66. The third kappa shape index (κ3) is 4.19. The topological polar surface area (TPSA) is 52.7 Å². The van der Waals surface area contributed by atoms with Gasteiger partial charge in [-0.3, -0.25) is 14.5 Å². The second kappa shape index (κ2) is 7.92. The first kappa shape index (κ1) is 17.7. The van der Waals surface area contributed by atoms with Crippen molar-refractivity contribution < 1.29 is 9.59 Å². The largest absolute Gasteiger partial charge is 0.340 e. The Morgan fingerprint density at radius 2 is 1.44 bits per heavy atom. The molecular formula is C22H25N3O2. The van der Waals surface area contributed by atoms with E-state index in [0.29, 0.717) is 32.1 Å². The number of para-hydroxylation sites is 1. The second-order valence-corrected chi connectivity index (χ2v) is 7.30. The molecule has 5 nitrogen and oxygen atoms in total. The van der Waals surface area contributed by atoms with Crippen molar-refractivity contribution in [1.29, 1.82) is 0 Å². The van der Waals surface area contributed by atoms with Gasteiger partial charge in [0, 0.05) is 37.8 Å². The van der Waals surface area contributed by atoms with Crippen molar-refractivity contribution in [2.75, 3.05) is 31.5 Å². The van der Waals surface area contributed by atoms with E-state index < -0.39 is 0 Å². The SMILES string of the molecule is O=C(Nc1ccccc1)[C@H](c1ccccc1)N1CCN(C(=O)C2CC2)CC1. The molecule has 2 aromatic rings. The van der Waals surface area contributed by atoms with Gasteiger partial charge in [-0.2, -0.15) is 0 Å². The molecule has 1 N–H and O–H groups in total. The molecule has 140 valence electrons. The van der Waals surface area contributed by atoms with E-state index >= 15 is 0 Å². The molecule has 2 aliphatic rings. The first-order chi connectivity index (χ1) is 13.2. The maximum Gasteiger partial charge on any atom is 0.246 e. The number of anilines is 1. The van der Waals surface area contributed by atoms with Crippen molar-refractivity contribution in [3.05, 3.63) is 66.2 Å². The van der Waals surface area contributed by atoms with Crippen molar-refractivity contribution in [1.82, 2.24) is 9.80 Å². The van der Waals surface area contributed by atoms with E-state index in [9.17, 15) is 9.59 Å². The fraction of sp³-hybridized carbons (Fsp3) is 0.364. The molecule has 0 spiro atoms. The van der Waals surface area contributed by atoms with Gasteiger partial charge in [0.05, 0.1) is 0 Å². The fourth-order valence-electron chi connectivity index (χ4n) is 3.68. The first-order valence-corrected chi connectivity index (χ1v) is 9.66. The lowest BCUT2D eigenvalue weighted by molar-refractivity contribution is -0.135. The van der Waals surface area contributed by atoms with Crippen LogP contribution in [0.15, 0.2) is 60.7 Å². The van der Waals surface area contributed by atoms with Gasteiger partial charge in [0.1, 0.15) is 6.04 Å². The average Bonchev–Trinajstić information content (AvgIpc) is 3.55. The van der Waals surface area contributed by atoms with Crippen LogP contribution in [0.1, 0.15) is 24.4 Å². The lowest BCUT2D eigenvalue weighted by Crippen LogP contribution is -2.52. The molecule has 1 heterocycles. The molecule has 0 aromatic heterocycles. The fourth-order valence-corrected chi connectivity index (χ4v) is 3.68. The molecule has 1 saturated heterocycles. The van der Waals surface area contributed by atoms with Gasteiger partial charge < -0.3 is 10.2 Å². The molecule has 2 fully saturated rings. The minimum absolute atomic E-state index is 0.0330. The summed E-state index contributed by atoms with van der Waals surface area (Å²) in [5.74, 6) is 0.511. The quantitative estimate of drug-likeness (QED) is 0.889. The third-order valence-electron chi connectivity index (χ3n) is 5.32. The second-order valence-electron chi connectivity index (χ2n) is 7.30. The Morgan fingerprint density at radius 3 is 2.04 bits per heavy atom. The van der Waals surface area contributed by atoms with E-state index in [1.54, 1.807) is 0 Å². The summed E-state index contributed by atoms with van der Waals surface area (Å²) >= 11 is 0. The Labute approximate surface area is 160 Å². The van der Waals surface area contributed by atoms with Crippen molar-refractivity contribution in [3.8, 4) is 0 Å². The molecular weight excluding hydrogens is 338 g/mol. The lowest BCUT2D eigenvalue weighted by Gasteiger charge is -2.39. The van der Waals surface area contributed by atoms with E-state index in [1.165, 1.54) is 0 Å². The molecule has 1 aliphatic heterocycles. The minimum atomic E-state index is -0.357. The van der Waals surface area contributed by atoms with E-state index in [2.05, 4.69) is 10.2 Å². The number of benzene rings is 2. The van der Waals surface area contributed by atoms with Crippen LogP contribution in [0.5, 0.6) is 0 Å². The maximum absolute atomic E-state index is 13.1. The predicted molar refractivity (Wildman–Crippen MR) is 105 cm³/mol. The minimum Gasteiger partial charge on any atom is -0.340 e. The van der Waals surface area contributed by atoms with Crippen LogP contribution in [-0.2, 0) is 9.59 Å². The number of piperazine rings is 1. The molecule has 1 atom stereocenters. The monoisotopic (exact) mass is 363 g/mol. The lowest BCUT2D eigenvalue weighted by atomic mass is 10.0. The Bertz CT molecular complexity index is 782. The van der Waals surface area contributed by atoms with E-state index in [-0.39, 0.29) is 17.9 Å². The number of carbonyl (C=O) groups is 2. The molecule has 0 radical (unpaired) electrons. The Kier molecular flexibility index (Phi) is 5.21. The van der Waals surface area contributed by atoms with Gasteiger partial charge >= 0.3 is 0 Å². The number of rotatable bonds is 5. The highest BCUT2D eigenvalue weighted by Crippen LogP contribution is 2.32. The van der Waals surface area contributed by atoms with Crippen molar-refractivity contribution >= 4 is 17.5 Å². The number of nitrogens with one attached hydrogen (secondary N) is 1. The normalized spacial score (nSPS) is 18.7. The highest BCUT2D eigenvalue weighted by atomic mass is 16.2. The smallest absolute Gasteiger partial charge is 0.246 e. The molecule has 5 heteroatoms. The zero-order valence-electron chi connectivity index (χ0n) is 15.4. The standard InChI is InChI=1S/C22H25N3O2/c26-21(23-19-9-5-2-6-10-19)20(17-7-3-1-4-8-17)24-13-15-25(16-14-24)22(27)18-11-12-18/h1-10,18,20H,11-16H2,(H,23,26)/t20-/m0/s1. The number of hydrogen-bond donors (Lipinski definition) is 1. The molecule has 2 amide bonds. The van der Waals surface area contributed by atoms with Crippen molar-refractivity contribution in [2.45, 2.75) is 18.9 Å². The molecule has 0 unspecified atom stereocenters. The molecule has 1 saturated carbocycles. The van der Waals surface area contributed by atoms with Crippen LogP contribution in [0.2, 0.25) is 0 Å². The summed E-state index contributed by atoms with van der Waals surface area (Å²) < 4.78 is 0. The summed E-state index contributed by atoms with van der Waals surface area (Å²) in [7, 11) is 0. The molecule has 0 bridgehead atoms. The Morgan fingerprint density at radius 1 is 0.852 bits per heavy atom. The molecule has 4 rings (SSSR count). The summed E-state index contributed by atoms with van der Waals surface area (Å²) in [6.45, 7) is 2.80. The molecule has 1 aliphatic carbocycles. The van der Waals surface area contributed by atoms with Gasteiger partial charge in [-0.05, 0) is 30.5 Å². The average molecular weight is 363 g/mol. The summed E-state index contributed by atoms with van der Waals surface area (Å²) in [6.07, 6.45) is 2.07. The number of amides is 2. The maximum atomic E-state index is 13.1. The number of nitrogens with zero attached hydrogens (tertiary/aromatic N) is 2. The summed E-state index contributed by atoms with van der Waals surface area (Å²) in [4.78, 5) is 29.6. The number of carbonyl (C=O) groups excluding carboxylic acids is 2. The van der Waals surface area contributed by atoms with Crippen molar-refractivity contribution in [2.24, 2.45) is 5.92 Å². The van der Waals surface area contributed by atoms with E-state index in [1.807, 2.05) is 65.6 Å². The van der Waals surface area contributed by atoms with Crippen LogP contribution in [0.25, 0.3) is 0 Å². The zero-order valence-corrected chi connectivity index (χ0v) is 15.4. The predicted octanol–water partition coefficient (Wildman–Crippen LogP) is 2.92. The Hall–Kier alpha value is -2.66. The van der Waals surface area contributed by atoms with E-state index in [4.69, 9.17) is 0 Å². The van der Waals surface area contributed by atoms with Gasteiger partial charge in [-0.1, -0.05) is 48.5 Å².